The quantitative estimate of drug-likeness (QED) is 0.777. The minimum Gasteiger partial charge on any atom is -0.393 e. The van der Waals surface area contributed by atoms with Crippen molar-refractivity contribution in [2.24, 2.45) is 0 Å². The minimum absolute atomic E-state index is 0.138. The van der Waals surface area contributed by atoms with Gasteiger partial charge in [0, 0.05) is 37.0 Å². The van der Waals surface area contributed by atoms with Gasteiger partial charge in [0.2, 0.25) is 0 Å². The van der Waals surface area contributed by atoms with Crippen molar-refractivity contribution in [3.05, 3.63) is 12.1 Å². The fraction of sp³-hybridized carbons (Fsp3) is 0.667. The van der Waals surface area contributed by atoms with E-state index in [1.54, 1.807) is 0 Å². The Morgan fingerprint density at radius 3 is 2.62 bits per heavy atom. The molecule has 0 unspecified atom stereocenters. The summed E-state index contributed by atoms with van der Waals surface area (Å²) in [6.45, 7) is 3.29. The van der Waals surface area contributed by atoms with E-state index in [0.717, 1.165) is 63.5 Å². The third-order valence-corrected chi connectivity index (χ3v) is 4.25. The second-order valence-corrected chi connectivity index (χ2v) is 5.88. The normalized spacial score (nSPS) is 26.6. The van der Waals surface area contributed by atoms with Crippen LogP contribution in [-0.2, 0) is 4.74 Å². The molecule has 2 fully saturated rings. The molecule has 0 bridgehead atoms. The predicted octanol–water partition coefficient (Wildman–Crippen LogP) is 1.22. The Morgan fingerprint density at radius 2 is 1.90 bits per heavy atom. The van der Waals surface area contributed by atoms with Crippen molar-refractivity contribution in [1.82, 2.24) is 4.98 Å². The van der Waals surface area contributed by atoms with E-state index in [9.17, 15) is 5.11 Å². The smallest absolute Gasteiger partial charge is 0.130 e. The number of hydrogen-bond donors (Lipinski definition) is 3. The first-order valence-electron chi connectivity index (χ1n) is 7.75. The summed E-state index contributed by atoms with van der Waals surface area (Å²) in [7, 11) is 0. The third kappa shape index (κ3) is 3.77. The average Bonchev–Trinajstić information content (AvgIpc) is 2.50. The summed E-state index contributed by atoms with van der Waals surface area (Å²) in [5.74, 6) is 1.37. The van der Waals surface area contributed by atoms with E-state index in [-0.39, 0.29) is 6.10 Å². The molecule has 1 saturated heterocycles. The van der Waals surface area contributed by atoms with Crippen LogP contribution in [0.15, 0.2) is 12.1 Å². The largest absolute Gasteiger partial charge is 0.393 e. The number of morpholine rings is 1. The van der Waals surface area contributed by atoms with Crippen LogP contribution in [0.5, 0.6) is 0 Å². The zero-order chi connectivity index (χ0) is 14.7. The zero-order valence-corrected chi connectivity index (χ0v) is 12.3. The lowest BCUT2D eigenvalue weighted by Crippen LogP contribution is -2.36. The van der Waals surface area contributed by atoms with Gasteiger partial charge in [0.1, 0.15) is 11.6 Å². The monoisotopic (exact) mass is 292 g/mol. The first kappa shape index (κ1) is 14.4. The van der Waals surface area contributed by atoms with E-state index >= 15 is 0 Å². The van der Waals surface area contributed by atoms with Gasteiger partial charge in [0.25, 0.3) is 0 Å². The summed E-state index contributed by atoms with van der Waals surface area (Å²) in [4.78, 5) is 6.66. The number of ether oxygens (including phenoxy) is 1. The first-order valence-corrected chi connectivity index (χ1v) is 7.75. The highest BCUT2D eigenvalue weighted by Crippen LogP contribution is 2.25. The number of pyridine rings is 1. The Labute approximate surface area is 125 Å². The maximum absolute atomic E-state index is 9.57. The molecule has 1 aliphatic heterocycles. The number of aliphatic hydroxyl groups is 1. The molecule has 4 N–H and O–H groups in total. The number of nitrogens with one attached hydrogen (secondary N) is 1. The molecule has 0 atom stereocenters. The molecule has 1 aliphatic carbocycles. The molecule has 116 valence electrons. The predicted molar refractivity (Wildman–Crippen MR) is 83.6 cm³/mol. The molecule has 0 radical (unpaired) electrons. The molecule has 21 heavy (non-hydrogen) atoms. The van der Waals surface area contributed by atoms with Crippen LogP contribution in [0.4, 0.5) is 17.3 Å². The Bertz CT molecular complexity index is 469. The lowest BCUT2D eigenvalue weighted by molar-refractivity contribution is 0.122. The fourth-order valence-corrected chi connectivity index (χ4v) is 3.04. The molecule has 1 aromatic heterocycles. The fourth-order valence-electron chi connectivity index (χ4n) is 3.04. The number of anilines is 3. The molecule has 0 amide bonds. The lowest BCUT2D eigenvalue weighted by atomic mass is 9.93. The van der Waals surface area contributed by atoms with Crippen molar-refractivity contribution in [2.75, 3.05) is 42.3 Å². The van der Waals surface area contributed by atoms with Crippen molar-refractivity contribution >= 4 is 17.3 Å². The Balaban J connectivity index is 1.68. The van der Waals surface area contributed by atoms with Crippen molar-refractivity contribution in [3.63, 3.8) is 0 Å². The molecular formula is C15H24N4O2. The number of aliphatic hydroxyl groups excluding tert-OH is 1. The molecule has 1 saturated carbocycles. The Morgan fingerprint density at radius 1 is 1.19 bits per heavy atom. The molecule has 6 heteroatoms. The number of hydrogen-bond acceptors (Lipinski definition) is 6. The van der Waals surface area contributed by atoms with E-state index in [0.29, 0.717) is 11.9 Å². The van der Waals surface area contributed by atoms with Crippen molar-refractivity contribution in [2.45, 2.75) is 37.8 Å². The van der Waals surface area contributed by atoms with Gasteiger partial charge < -0.3 is 25.8 Å². The topological polar surface area (TPSA) is 83.6 Å². The van der Waals surface area contributed by atoms with E-state index in [1.807, 2.05) is 6.07 Å². The summed E-state index contributed by atoms with van der Waals surface area (Å²) in [6, 6.07) is 4.36. The first-order chi connectivity index (χ1) is 10.2. The van der Waals surface area contributed by atoms with Crippen LogP contribution in [0, 0.1) is 0 Å². The zero-order valence-electron chi connectivity index (χ0n) is 12.3. The van der Waals surface area contributed by atoms with Crippen LogP contribution in [0.2, 0.25) is 0 Å². The van der Waals surface area contributed by atoms with Gasteiger partial charge in [-0.2, -0.15) is 0 Å². The second kappa shape index (κ2) is 6.49. The number of nitrogens with zero attached hydrogens (tertiary/aromatic N) is 2. The minimum atomic E-state index is -0.138. The summed E-state index contributed by atoms with van der Waals surface area (Å²) >= 11 is 0. The van der Waals surface area contributed by atoms with Crippen LogP contribution in [0.3, 0.4) is 0 Å². The van der Waals surface area contributed by atoms with Crippen LogP contribution in [0.25, 0.3) is 0 Å². The van der Waals surface area contributed by atoms with Crippen LogP contribution in [0.1, 0.15) is 25.7 Å². The van der Waals surface area contributed by atoms with Crippen molar-refractivity contribution in [3.8, 4) is 0 Å². The Hall–Kier alpha value is -1.53. The molecule has 1 aromatic rings. The van der Waals surface area contributed by atoms with E-state index in [4.69, 9.17) is 10.5 Å². The van der Waals surface area contributed by atoms with Gasteiger partial charge in [-0.15, -0.1) is 0 Å². The summed E-state index contributed by atoms with van der Waals surface area (Å²) < 4.78 is 5.39. The summed E-state index contributed by atoms with van der Waals surface area (Å²) in [5, 5.41) is 13.0. The van der Waals surface area contributed by atoms with Gasteiger partial charge in [0.15, 0.2) is 0 Å². The number of rotatable bonds is 3. The van der Waals surface area contributed by atoms with E-state index < -0.39 is 0 Å². The third-order valence-electron chi connectivity index (χ3n) is 4.25. The van der Waals surface area contributed by atoms with Gasteiger partial charge >= 0.3 is 0 Å². The highest BCUT2D eigenvalue weighted by atomic mass is 16.5. The summed E-state index contributed by atoms with van der Waals surface area (Å²) in [6.07, 6.45) is 3.53. The molecular weight excluding hydrogens is 268 g/mol. The number of aromatic nitrogens is 1. The summed E-state index contributed by atoms with van der Waals surface area (Å²) in [5.41, 5.74) is 7.05. The highest BCUT2D eigenvalue weighted by molar-refractivity contribution is 5.60. The van der Waals surface area contributed by atoms with Crippen molar-refractivity contribution < 1.29 is 9.84 Å². The maximum Gasteiger partial charge on any atom is 0.130 e. The average molecular weight is 292 g/mol. The maximum atomic E-state index is 9.57. The molecule has 2 aliphatic rings. The van der Waals surface area contributed by atoms with Gasteiger partial charge in [0.05, 0.1) is 19.3 Å². The molecule has 2 heterocycles. The number of nitrogen functional groups attached to an aromatic ring is 1. The van der Waals surface area contributed by atoms with Crippen LogP contribution < -0.4 is 16.0 Å². The van der Waals surface area contributed by atoms with Crippen LogP contribution >= 0.6 is 0 Å². The standard InChI is InChI=1S/C15H24N4O2/c16-14-9-12(19-5-7-21-8-6-19)10-15(18-14)17-11-1-3-13(20)4-2-11/h9-11,13,20H,1-8H2,(H3,16,17,18). The van der Waals surface area contributed by atoms with Crippen LogP contribution in [-0.4, -0.2) is 48.5 Å². The molecule has 0 spiro atoms. The lowest BCUT2D eigenvalue weighted by Gasteiger charge is -2.30. The van der Waals surface area contributed by atoms with Gasteiger partial charge in [-0.3, -0.25) is 0 Å². The molecule has 6 nitrogen and oxygen atoms in total. The van der Waals surface area contributed by atoms with Crippen molar-refractivity contribution in [1.29, 1.82) is 0 Å². The van der Waals surface area contributed by atoms with Gasteiger partial charge in [-0.1, -0.05) is 0 Å². The Kier molecular flexibility index (Phi) is 4.45. The highest BCUT2D eigenvalue weighted by Gasteiger charge is 2.20. The second-order valence-electron chi connectivity index (χ2n) is 5.88. The number of nitrogens with two attached hydrogens (primary N) is 1. The molecule has 0 aromatic carbocycles. The molecule has 3 rings (SSSR count). The van der Waals surface area contributed by atoms with Gasteiger partial charge in [-0.05, 0) is 25.7 Å². The van der Waals surface area contributed by atoms with E-state index in [2.05, 4.69) is 21.3 Å². The van der Waals surface area contributed by atoms with Gasteiger partial charge in [-0.25, -0.2) is 4.98 Å². The SMILES string of the molecule is Nc1cc(N2CCOCC2)cc(NC2CCC(O)CC2)n1. The van der Waals surface area contributed by atoms with E-state index in [1.165, 1.54) is 0 Å².